The average molecular weight is 401 g/mol. The van der Waals surface area contributed by atoms with Crippen molar-refractivity contribution in [2.24, 2.45) is 0 Å². The summed E-state index contributed by atoms with van der Waals surface area (Å²) in [6, 6.07) is 17.1. The number of carbonyl (C=O) groups is 2. The van der Waals surface area contributed by atoms with Gasteiger partial charge in [0, 0.05) is 19.3 Å². The predicted octanol–water partition coefficient (Wildman–Crippen LogP) is 3.48. The van der Waals surface area contributed by atoms with E-state index in [1.165, 1.54) is 0 Å². The Bertz CT molecular complexity index is 750. The summed E-state index contributed by atoms with van der Waals surface area (Å²) in [4.78, 5) is 27.0. The van der Waals surface area contributed by atoms with Crippen LogP contribution >= 0.6 is 11.8 Å². The number of ether oxygens (including phenoxy) is 1. The predicted molar refractivity (Wildman–Crippen MR) is 114 cm³/mol. The lowest BCUT2D eigenvalue weighted by molar-refractivity contribution is -0.139. The van der Waals surface area contributed by atoms with Gasteiger partial charge in [0.1, 0.15) is 11.8 Å². The Morgan fingerprint density at radius 3 is 2.32 bits per heavy atom. The number of benzene rings is 2. The summed E-state index contributed by atoms with van der Waals surface area (Å²) in [6.45, 7) is 2.35. The Morgan fingerprint density at radius 1 is 1.07 bits per heavy atom. The minimum Gasteiger partial charge on any atom is -0.497 e. The molecule has 1 unspecified atom stereocenters. The summed E-state index contributed by atoms with van der Waals surface area (Å²) in [5.74, 6) is 1.71. The van der Waals surface area contributed by atoms with Gasteiger partial charge in [-0.3, -0.25) is 9.59 Å². The van der Waals surface area contributed by atoms with Gasteiger partial charge in [-0.05, 0) is 29.7 Å². The molecular weight excluding hydrogens is 372 g/mol. The summed E-state index contributed by atoms with van der Waals surface area (Å²) in [5.41, 5.74) is 2.14. The fourth-order valence-corrected chi connectivity index (χ4v) is 3.80. The molecule has 2 aromatic carbocycles. The van der Waals surface area contributed by atoms with E-state index in [9.17, 15) is 9.59 Å². The van der Waals surface area contributed by atoms with Crippen molar-refractivity contribution in [3.05, 3.63) is 65.7 Å². The van der Waals surface area contributed by atoms with Gasteiger partial charge in [0.2, 0.25) is 11.8 Å². The van der Waals surface area contributed by atoms with E-state index >= 15 is 0 Å². The van der Waals surface area contributed by atoms with Crippen LogP contribution in [0.4, 0.5) is 0 Å². The van der Waals surface area contributed by atoms with Crippen LogP contribution in [0.2, 0.25) is 0 Å². The molecule has 0 radical (unpaired) electrons. The van der Waals surface area contributed by atoms with Crippen molar-refractivity contribution in [1.82, 2.24) is 10.2 Å². The van der Waals surface area contributed by atoms with Crippen molar-refractivity contribution >= 4 is 23.6 Å². The van der Waals surface area contributed by atoms with Crippen molar-refractivity contribution in [2.75, 3.05) is 19.9 Å². The van der Waals surface area contributed by atoms with E-state index in [2.05, 4.69) is 5.32 Å². The Balaban J connectivity index is 2.03. The minimum absolute atomic E-state index is 0.0298. The molecule has 2 aromatic rings. The molecule has 0 fully saturated rings. The maximum atomic E-state index is 13.0. The van der Waals surface area contributed by atoms with E-state index in [4.69, 9.17) is 4.74 Å². The fraction of sp³-hybridized carbons (Fsp3) is 0.364. The SMILES string of the molecule is CCC(C(=O)NC)N(Cc1ccccc1)C(=O)CSCc1ccc(OC)cc1. The van der Waals surface area contributed by atoms with E-state index < -0.39 is 6.04 Å². The molecule has 0 saturated carbocycles. The highest BCUT2D eigenvalue weighted by Gasteiger charge is 2.27. The maximum Gasteiger partial charge on any atom is 0.242 e. The lowest BCUT2D eigenvalue weighted by atomic mass is 10.1. The molecule has 0 aliphatic carbocycles. The number of hydrogen-bond acceptors (Lipinski definition) is 4. The smallest absolute Gasteiger partial charge is 0.242 e. The second kappa shape index (κ2) is 11.4. The molecule has 2 amide bonds. The van der Waals surface area contributed by atoms with E-state index in [0.29, 0.717) is 18.7 Å². The summed E-state index contributed by atoms with van der Waals surface area (Å²) in [6.07, 6.45) is 0.571. The van der Waals surface area contributed by atoms with Gasteiger partial charge in [-0.1, -0.05) is 49.4 Å². The van der Waals surface area contributed by atoms with Gasteiger partial charge in [-0.25, -0.2) is 0 Å². The monoisotopic (exact) mass is 400 g/mol. The first kappa shape index (κ1) is 21.8. The van der Waals surface area contributed by atoms with Crippen LogP contribution in [0.15, 0.2) is 54.6 Å². The van der Waals surface area contributed by atoms with Crippen LogP contribution in [0.5, 0.6) is 5.75 Å². The van der Waals surface area contributed by atoms with Crippen molar-refractivity contribution in [1.29, 1.82) is 0 Å². The van der Waals surface area contributed by atoms with E-state index in [0.717, 1.165) is 22.6 Å². The topological polar surface area (TPSA) is 58.6 Å². The molecule has 1 N–H and O–H groups in total. The lowest BCUT2D eigenvalue weighted by Crippen LogP contribution is -2.48. The van der Waals surface area contributed by atoms with Gasteiger partial charge in [-0.15, -0.1) is 11.8 Å². The number of nitrogens with zero attached hydrogens (tertiary/aromatic N) is 1. The first-order valence-electron chi connectivity index (χ1n) is 9.34. The van der Waals surface area contributed by atoms with Crippen molar-refractivity contribution in [2.45, 2.75) is 31.7 Å². The van der Waals surface area contributed by atoms with E-state index in [1.807, 2.05) is 61.5 Å². The quantitative estimate of drug-likeness (QED) is 0.663. The molecule has 150 valence electrons. The van der Waals surface area contributed by atoms with Crippen LogP contribution < -0.4 is 10.1 Å². The van der Waals surface area contributed by atoms with E-state index in [-0.39, 0.29) is 11.8 Å². The lowest BCUT2D eigenvalue weighted by Gasteiger charge is -2.30. The van der Waals surface area contributed by atoms with Gasteiger partial charge in [0.25, 0.3) is 0 Å². The fourth-order valence-electron chi connectivity index (χ4n) is 2.93. The molecule has 28 heavy (non-hydrogen) atoms. The van der Waals surface area contributed by atoms with Gasteiger partial charge in [0.05, 0.1) is 12.9 Å². The number of rotatable bonds is 10. The highest BCUT2D eigenvalue weighted by molar-refractivity contribution is 7.99. The van der Waals surface area contributed by atoms with Gasteiger partial charge in [-0.2, -0.15) is 0 Å². The maximum absolute atomic E-state index is 13.0. The van der Waals surface area contributed by atoms with Gasteiger partial charge < -0.3 is 15.0 Å². The second-order valence-corrected chi connectivity index (χ2v) is 7.37. The van der Waals surface area contributed by atoms with Crippen LogP contribution in [0.3, 0.4) is 0 Å². The summed E-state index contributed by atoms with van der Waals surface area (Å²) >= 11 is 1.55. The van der Waals surface area contributed by atoms with Crippen molar-refractivity contribution < 1.29 is 14.3 Å². The third kappa shape index (κ3) is 6.30. The Kier molecular flexibility index (Phi) is 8.88. The highest BCUT2D eigenvalue weighted by atomic mass is 32.2. The summed E-state index contributed by atoms with van der Waals surface area (Å²) in [7, 11) is 3.24. The standard InChI is InChI=1S/C22H28N2O3S/c1-4-20(22(26)23-2)24(14-17-8-6-5-7-9-17)21(25)16-28-15-18-10-12-19(27-3)13-11-18/h5-13,20H,4,14-16H2,1-3H3,(H,23,26). The molecule has 0 aliphatic heterocycles. The molecular formula is C22H28N2O3S. The molecule has 0 spiro atoms. The molecule has 0 heterocycles. The Hall–Kier alpha value is -2.47. The summed E-state index contributed by atoms with van der Waals surface area (Å²) < 4.78 is 5.17. The number of hydrogen-bond donors (Lipinski definition) is 1. The van der Waals surface area contributed by atoms with Crippen LogP contribution in [0.25, 0.3) is 0 Å². The van der Waals surface area contributed by atoms with Gasteiger partial charge in [0.15, 0.2) is 0 Å². The number of nitrogens with one attached hydrogen (secondary N) is 1. The molecule has 0 aliphatic rings. The van der Waals surface area contributed by atoms with E-state index in [1.54, 1.807) is 30.8 Å². The third-order valence-electron chi connectivity index (χ3n) is 4.48. The number of methoxy groups -OCH3 is 1. The first-order valence-corrected chi connectivity index (χ1v) is 10.5. The molecule has 0 aromatic heterocycles. The van der Waals surface area contributed by atoms with Crippen LogP contribution in [0.1, 0.15) is 24.5 Å². The normalized spacial score (nSPS) is 11.5. The zero-order chi connectivity index (χ0) is 20.4. The summed E-state index contributed by atoms with van der Waals surface area (Å²) in [5, 5.41) is 2.68. The van der Waals surface area contributed by atoms with Gasteiger partial charge >= 0.3 is 0 Å². The number of carbonyl (C=O) groups excluding carboxylic acids is 2. The molecule has 1 atom stereocenters. The Morgan fingerprint density at radius 2 is 1.75 bits per heavy atom. The van der Waals surface area contributed by atoms with Crippen LogP contribution in [0, 0.1) is 0 Å². The molecule has 5 nitrogen and oxygen atoms in total. The molecule has 2 rings (SSSR count). The minimum atomic E-state index is -0.473. The molecule has 6 heteroatoms. The number of amides is 2. The molecule has 0 bridgehead atoms. The highest BCUT2D eigenvalue weighted by Crippen LogP contribution is 2.19. The second-order valence-electron chi connectivity index (χ2n) is 6.39. The van der Waals surface area contributed by atoms with Crippen LogP contribution in [-0.4, -0.2) is 42.7 Å². The zero-order valence-corrected chi connectivity index (χ0v) is 17.5. The van der Waals surface area contributed by atoms with Crippen molar-refractivity contribution in [3.8, 4) is 5.75 Å². The number of thioether (sulfide) groups is 1. The number of likely N-dealkylation sites (N-methyl/N-ethyl adjacent to an activating group) is 1. The average Bonchev–Trinajstić information content (AvgIpc) is 2.74. The first-order chi connectivity index (χ1) is 13.6. The largest absolute Gasteiger partial charge is 0.497 e. The van der Waals surface area contributed by atoms with Crippen molar-refractivity contribution in [3.63, 3.8) is 0 Å². The zero-order valence-electron chi connectivity index (χ0n) is 16.7. The molecule has 0 saturated heterocycles. The Labute approximate surface area is 171 Å². The van der Waals surface area contributed by atoms with Crippen LogP contribution in [-0.2, 0) is 21.9 Å². The third-order valence-corrected chi connectivity index (χ3v) is 5.47.